The van der Waals surface area contributed by atoms with Crippen LogP contribution in [-0.2, 0) is 4.79 Å². The minimum absolute atomic E-state index is 0.181. The van der Waals surface area contributed by atoms with E-state index in [9.17, 15) is 4.79 Å². The zero-order valence-corrected chi connectivity index (χ0v) is 7.55. The van der Waals surface area contributed by atoms with Crippen LogP contribution in [0.1, 0.15) is 33.6 Å². The van der Waals surface area contributed by atoms with E-state index < -0.39 is 0 Å². The molecule has 0 N–H and O–H groups in total. The van der Waals surface area contributed by atoms with Gasteiger partial charge in [-0.2, -0.15) is 0 Å². The first-order valence-electron chi connectivity index (χ1n) is 4.28. The molecular weight excluding hydrogens is 136 g/mol. The second-order valence-electron chi connectivity index (χ2n) is 3.96. The standard InChI is InChI=1S/C10H16O/c1-4-8-9(11)6-5-7-10(8,2)3/h5-6,8H,4,7H2,1-3H3. The summed E-state index contributed by atoms with van der Waals surface area (Å²) >= 11 is 0. The topological polar surface area (TPSA) is 17.1 Å². The van der Waals surface area contributed by atoms with E-state index in [1.807, 2.05) is 6.08 Å². The average Bonchev–Trinajstić information content (AvgIpc) is 1.86. The highest BCUT2D eigenvalue weighted by atomic mass is 16.1. The summed E-state index contributed by atoms with van der Waals surface area (Å²) in [7, 11) is 0. The molecule has 1 aliphatic rings. The molecule has 0 heterocycles. The number of hydrogen-bond donors (Lipinski definition) is 0. The van der Waals surface area contributed by atoms with Gasteiger partial charge in [0.05, 0.1) is 0 Å². The summed E-state index contributed by atoms with van der Waals surface area (Å²) in [4.78, 5) is 11.4. The molecule has 1 rings (SSSR count). The quantitative estimate of drug-likeness (QED) is 0.564. The van der Waals surface area contributed by atoms with Crippen molar-refractivity contribution in [3.8, 4) is 0 Å². The molecular formula is C10H16O. The monoisotopic (exact) mass is 152 g/mol. The first kappa shape index (κ1) is 8.51. The van der Waals surface area contributed by atoms with E-state index in [4.69, 9.17) is 0 Å². The van der Waals surface area contributed by atoms with Gasteiger partial charge in [-0.3, -0.25) is 4.79 Å². The highest BCUT2D eigenvalue weighted by molar-refractivity contribution is 5.93. The van der Waals surface area contributed by atoms with E-state index in [-0.39, 0.29) is 11.3 Å². The molecule has 1 atom stereocenters. The fourth-order valence-corrected chi connectivity index (χ4v) is 1.88. The van der Waals surface area contributed by atoms with Gasteiger partial charge in [0.25, 0.3) is 0 Å². The Balaban J connectivity index is 2.85. The summed E-state index contributed by atoms with van der Waals surface area (Å²) in [5.41, 5.74) is 0.181. The molecule has 1 nitrogen and oxygen atoms in total. The summed E-state index contributed by atoms with van der Waals surface area (Å²) in [6.45, 7) is 6.43. The maximum Gasteiger partial charge on any atom is 0.158 e. The van der Waals surface area contributed by atoms with Crippen LogP contribution in [0.4, 0.5) is 0 Å². The van der Waals surface area contributed by atoms with Crippen molar-refractivity contribution in [1.82, 2.24) is 0 Å². The second-order valence-corrected chi connectivity index (χ2v) is 3.96. The van der Waals surface area contributed by atoms with E-state index >= 15 is 0 Å². The molecule has 0 aromatic carbocycles. The molecule has 0 radical (unpaired) electrons. The van der Waals surface area contributed by atoms with Crippen LogP contribution < -0.4 is 0 Å². The van der Waals surface area contributed by atoms with E-state index in [0.717, 1.165) is 12.8 Å². The van der Waals surface area contributed by atoms with Crippen LogP contribution in [0.15, 0.2) is 12.2 Å². The van der Waals surface area contributed by atoms with Crippen LogP contribution in [0.2, 0.25) is 0 Å². The van der Waals surface area contributed by atoms with Crippen molar-refractivity contribution in [3.05, 3.63) is 12.2 Å². The molecule has 0 saturated heterocycles. The Morgan fingerprint density at radius 3 is 2.64 bits per heavy atom. The van der Waals surface area contributed by atoms with Crippen LogP contribution >= 0.6 is 0 Å². The van der Waals surface area contributed by atoms with Crippen LogP contribution in [0.5, 0.6) is 0 Å². The molecule has 0 spiro atoms. The lowest BCUT2D eigenvalue weighted by atomic mass is 9.70. The second kappa shape index (κ2) is 2.80. The van der Waals surface area contributed by atoms with Gasteiger partial charge in [0.1, 0.15) is 0 Å². The van der Waals surface area contributed by atoms with Crippen LogP contribution in [0.3, 0.4) is 0 Å². The summed E-state index contributed by atoms with van der Waals surface area (Å²) in [6, 6.07) is 0. The SMILES string of the molecule is CCC1C(=O)C=CCC1(C)C. The molecule has 0 aromatic rings. The fourth-order valence-electron chi connectivity index (χ4n) is 1.88. The van der Waals surface area contributed by atoms with E-state index in [0.29, 0.717) is 5.78 Å². The number of carbonyl (C=O) groups is 1. The summed E-state index contributed by atoms with van der Waals surface area (Å²) < 4.78 is 0. The molecule has 1 heteroatoms. The van der Waals surface area contributed by atoms with E-state index in [1.165, 1.54) is 0 Å². The largest absolute Gasteiger partial charge is 0.295 e. The molecule has 11 heavy (non-hydrogen) atoms. The maximum atomic E-state index is 11.4. The van der Waals surface area contributed by atoms with Crippen molar-refractivity contribution in [3.63, 3.8) is 0 Å². The number of hydrogen-bond acceptors (Lipinski definition) is 1. The van der Waals surface area contributed by atoms with Gasteiger partial charge in [0.15, 0.2) is 5.78 Å². The molecule has 1 unspecified atom stereocenters. The van der Waals surface area contributed by atoms with Gasteiger partial charge in [-0.25, -0.2) is 0 Å². The number of rotatable bonds is 1. The Morgan fingerprint density at radius 1 is 1.64 bits per heavy atom. The first-order chi connectivity index (χ1) is 5.08. The third-order valence-corrected chi connectivity index (χ3v) is 2.62. The van der Waals surface area contributed by atoms with Gasteiger partial charge >= 0.3 is 0 Å². The minimum Gasteiger partial charge on any atom is -0.295 e. The summed E-state index contributed by atoms with van der Waals surface area (Å²) in [5, 5.41) is 0. The van der Waals surface area contributed by atoms with Crippen molar-refractivity contribution in [2.24, 2.45) is 11.3 Å². The average molecular weight is 152 g/mol. The lowest BCUT2D eigenvalue weighted by Crippen LogP contribution is -2.31. The zero-order chi connectivity index (χ0) is 8.48. The van der Waals surface area contributed by atoms with Gasteiger partial charge in [0, 0.05) is 5.92 Å². The smallest absolute Gasteiger partial charge is 0.158 e. The Kier molecular flexibility index (Phi) is 2.17. The molecule has 1 aliphatic carbocycles. The summed E-state index contributed by atoms with van der Waals surface area (Å²) in [6.07, 6.45) is 5.74. The molecule has 0 aromatic heterocycles. The molecule has 0 aliphatic heterocycles. The van der Waals surface area contributed by atoms with Gasteiger partial charge in [-0.05, 0) is 24.3 Å². The van der Waals surface area contributed by atoms with Gasteiger partial charge in [0.2, 0.25) is 0 Å². The lowest BCUT2D eigenvalue weighted by molar-refractivity contribution is -0.122. The van der Waals surface area contributed by atoms with Crippen LogP contribution in [0, 0.1) is 11.3 Å². The first-order valence-corrected chi connectivity index (χ1v) is 4.28. The molecule has 0 amide bonds. The molecule has 62 valence electrons. The fraction of sp³-hybridized carbons (Fsp3) is 0.700. The van der Waals surface area contributed by atoms with E-state index in [1.54, 1.807) is 6.08 Å². The van der Waals surface area contributed by atoms with Crippen molar-refractivity contribution >= 4 is 5.78 Å². The third kappa shape index (κ3) is 1.52. The predicted molar refractivity (Wildman–Crippen MR) is 46.3 cm³/mol. The van der Waals surface area contributed by atoms with Crippen LogP contribution in [0.25, 0.3) is 0 Å². The maximum absolute atomic E-state index is 11.4. The summed E-state index contributed by atoms with van der Waals surface area (Å²) in [5.74, 6) is 0.552. The Bertz CT molecular complexity index is 189. The van der Waals surface area contributed by atoms with Crippen LogP contribution in [-0.4, -0.2) is 5.78 Å². The number of allylic oxidation sites excluding steroid dienone is 2. The number of ketones is 1. The Hall–Kier alpha value is -0.590. The van der Waals surface area contributed by atoms with E-state index in [2.05, 4.69) is 20.8 Å². The lowest BCUT2D eigenvalue weighted by Gasteiger charge is -2.33. The minimum atomic E-state index is 0.181. The molecule has 0 saturated carbocycles. The number of carbonyl (C=O) groups excluding carboxylic acids is 1. The molecule has 0 fully saturated rings. The predicted octanol–water partition coefficient (Wildman–Crippen LogP) is 2.57. The van der Waals surface area contributed by atoms with Gasteiger partial charge in [-0.15, -0.1) is 0 Å². The van der Waals surface area contributed by atoms with Gasteiger partial charge < -0.3 is 0 Å². The van der Waals surface area contributed by atoms with Crippen molar-refractivity contribution < 1.29 is 4.79 Å². The zero-order valence-electron chi connectivity index (χ0n) is 7.55. The van der Waals surface area contributed by atoms with Gasteiger partial charge in [-0.1, -0.05) is 26.8 Å². The van der Waals surface area contributed by atoms with Crippen molar-refractivity contribution in [1.29, 1.82) is 0 Å². The Morgan fingerprint density at radius 2 is 2.27 bits per heavy atom. The third-order valence-electron chi connectivity index (χ3n) is 2.62. The molecule has 0 bridgehead atoms. The van der Waals surface area contributed by atoms with Crippen molar-refractivity contribution in [2.75, 3.05) is 0 Å². The highest BCUT2D eigenvalue weighted by Crippen LogP contribution is 2.36. The highest BCUT2D eigenvalue weighted by Gasteiger charge is 2.33. The normalized spacial score (nSPS) is 29.0. The Labute approximate surface area is 68.5 Å². The van der Waals surface area contributed by atoms with Crippen molar-refractivity contribution in [2.45, 2.75) is 33.6 Å².